The van der Waals surface area contributed by atoms with Crippen LogP contribution in [0.1, 0.15) is 30.4 Å². The summed E-state index contributed by atoms with van der Waals surface area (Å²) in [5.41, 5.74) is 2.69. The van der Waals surface area contributed by atoms with E-state index in [9.17, 15) is 19.8 Å². The van der Waals surface area contributed by atoms with Crippen molar-refractivity contribution >= 4 is 23.3 Å². The number of nitrogens with zero attached hydrogens (tertiary/aromatic N) is 2. The molecule has 1 aliphatic carbocycles. The lowest BCUT2D eigenvalue weighted by Crippen LogP contribution is -2.40. The van der Waals surface area contributed by atoms with Crippen molar-refractivity contribution < 1.29 is 19.8 Å². The summed E-state index contributed by atoms with van der Waals surface area (Å²) in [5, 5.41) is 19.2. The van der Waals surface area contributed by atoms with E-state index < -0.39 is 12.0 Å². The Bertz CT molecular complexity index is 933. The van der Waals surface area contributed by atoms with Crippen molar-refractivity contribution in [2.75, 3.05) is 11.4 Å². The Balaban J connectivity index is 1.88. The van der Waals surface area contributed by atoms with Crippen LogP contribution in [0.15, 0.2) is 53.5 Å². The highest BCUT2D eigenvalue weighted by Crippen LogP contribution is 2.35. The van der Waals surface area contributed by atoms with Gasteiger partial charge >= 0.3 is 5.97 Å². The Morgan fingerprint density at radius 3 is 2.63 bits per heavy atom. The van der Waals surface area contributed by atoms with E-state index in [1.165, 1.54) is 0 Å². The number of anilines is 1. The van der Waals surface area contributed by atoms with Crippen molar-refractivity contribution in [3.63, 3.8) is 0 Å². The summed E-state index contributed by atoms with van der Waals surface area (Å²) >= 11 is 0. The standard InChI is InChI=1S/C21H20N2O4/c24-15-5-3-4-14(10-15)20-16-6-1-2-7-18(16)23(12-13-8-9-13)21(27)17(22-20)11-19(25)26/h1-7,10,13,17,24H,8-9,11-12H2,(H,25,26). The number of para-hydroxylation sites is 1. The van der Waals surface area contributed by atoms with Gasteiger partial charge in [0.15, 0.2) is 0 Å². The Hall–Kier alpha value is -3.15. The molecule has 2 aliphatic rings. The fourth-order valence-corrected chi connectivity index (χ4v) is 3.42. The van der Waals surface area contributed by atoms with Crippen LogP contribution in [0.5, 0.6) is 5.75 Å². The first-order chi connectivity index (χ1) is 13.0. The van der Waals surface area contributed by atoms with Crippen LogP contribution in [-0.2, 0) is 9.59 Å². The molecule has 4 rings (SSSR count). The van der Waals surface area contributed by atoms with Gasteiger partial charge in [0.05, 0.1) is 17.8 Å². The maximum absolute atomic E-state index is 13.2. The third-order valence-corrected chi connectivity index (χ3v) is 4.91. The van der Waals surface area contributed by atoms with Crippen molar-refractivity contribution in [1.29, 1.82) is 0 Å². The quantitative estimate of drug-likeness (QED) is 0.854. The molecule has 2 N–H and O–H groups in total. The molecule has 0 bridgehead atoms. The number of hydrogen-bond acceptors (Lipinski definition) is 4. The van der Waals surface area contributed by atoms with Gasteiger partial charge in [-0.3, -0.25) is 14.6 Å². The first-order valence-electron chi connectivity index (χ1n) is 9.02. The topological polar surface area (TPSA) is 90.2 Å². The Labute approximate surface area is 156 Å². The lowest BCUT2D eigenvalue weighted by atomic mass is 10.00. The highest BCUT2D eigenvalue weighted by atomic mass is 16.4. The predicted molar refractivity (Wildman–Crippen MR) is 101 cm³/mol. The molecule has 0 aromatic heterocycles. The molecule has 2 aromatic rings. The Kier molecular flexibility index (Phi) is 4.39. The number of hydrogen-bond donors (Lipinski definition) is 2. The van der Waals surface area contributed by atoms with Crippen molar-refractivity contribution in [1.82, 2.24) is 0 Å². The molecule has 1 amide bonds. The lowest BCUT2D eigenvalue weighted by molar-refractivity contribution is -0.139. The predicted octanol–water partition coefficient (Wildman–Crippen LogP) is 2.83. The fourth-order valence-electron chi connectivity index (χ4n) is 3.42. The number of amides is 1. The van der Waals surface area contributed by atoms with Crippen molar-refractivity contribution in [3.05, 3.63) is 59.7 Å². The summed E-state index contributed by atoms with van der Waals surface area (Å²) < 4.78 is 0. The number of aliphatic imine (C=N–C) groups is 1. The zero-order valence-electron chi connectivity index (χ0n) is 14.7. The van der Waals surface area contributed by atoms with E-state index >= 15 is 0 Å². The fraction of sp³-hybridized carbons (Fsp3) is 0.286. The molecule has 1 atom stereocenters. The second-order valence-corrected chi connectivity index (χ2v) is 7.05. The largest absolute Gasteiger partial charge is 0.508 e. The van der Waals surface area contributed by atoms with Crippen LogP contribution in [0.4, 0.5) is 5.69 Å². The van der Waals surface area contributed by atoms with E-state index in [0.29, 0.717) is 23.7 Å². The number of phenols is 1. The number of aromatic hydroxyl groups is 1. The number of benzodiazepines with no additional fused rings is 1. The van der Waals surface area contributed by atoms with E-state index in [1.54, 1.807) is 29.2 Å². The van der Waals surface area contributed by atoms with Gasteiger partial charge in [0.2, 0.25) is 0 Å². The molecular weight excluding hydrogens is 344 g/mol. The van der Waals surface area contributed by atoms with Gasteiger partial charge in [0, 0.05) is 17.7 Å². The monoisotopic (exact) mass is 364 g/mol. The normalized spacial score (nSPS) is 19.3. The minimum atomic E-state index is -1.07. The Morgan fingerprint density at radius 2 is 1.93 bits per heavy atom. The van der Waals surface area contributed by atoms with E-state index in [0.717, 1.165) is 24.1 Å². The van der Waals surface area contributed by atoms with Crippen LogP contribution in [0.2, 0.25) is 0 Å². The SMILES string of the molecule is O=C(O)CC1N=C(c2cccc(O)c2)c2ccccc2N(CC2CC2)C1=O. The lowest BCUT2D eigenvalue weighted by Gasteiger charge is -2.24. The van der Waals surface area contributed by atoms with Gasteiger partial charge in [-0.05, 0) is 37.0 Å². The van der Waals surface area contributed by atoms with Gasteiger partial charge < -0.3 is 15.1 Å². The van der Waals surface area contributed by atoms with Crippen LogP contribution in [0.25, 0.3) is 0 Å². The highest BCUT2D eigenvalue weighted by Gasteiger charge is 2.36. The minimum Gasteiger partial charge on any atom is -0.508 e. The molecule has 1 unspecified atom stereocenters. The van der Waals surface area contributed by atoms with Gasteiger partial charge in [-0.1, -0.05) is 30.3 Å². The second-order valence-electron chi connectivity index (χ2n) is 7.05. The van der Waals surface area contributed by atoms with E-state index in [4.69, 9.17) is 0 Å². The number of fused-ring (bicyclic) bond motifs is 1. The zero-order chi connectivity index (χ0) is 19.0. The smallest absolute Gasteiger partial charge is 0.306 e. The molecule has 0 spiro atoms. The number of rotatable bonds is 5. The van der Waals surface area contributed by atoms with Crippen LogP contribution < -0.4 is 4.90 Å². The maximum Gasteiger partial charge on any atom is 0.306 e. The van der Waals surface area contributed by atoms with E-state index in [-0.39, 0.29) is 18.1 Å². The first-order valence-corrected chi connectivity index (χ1v) is 9.02. The third-order valence-electron chi connectivity index (χ3n) is 4.91. The molecule has 1 aliphatic heterocycles. The van der Waals surface area contributed by atoms with Gasteiger partial charge in [0.25, 0.3) is 5.91 Å². The summed E-state index contributed by atoms with van der Waals surface area (Å²) in [6.45, 7) is 0.578. The molecule has 6 nitrogen and oxygen atoms in total. The molecule has 27 heavy (non-hydrogen) atoms. The van der Waals surface area contributed by atoms with Crippen LogP contribution >= 0.6 is 0 Å². The summed E-state index contributed by atoms with van der Waals surface area (Å²) in [6, 6.07) is 13.1. The molecule has 1 fully saturated rings. The van der Waals surface area contributed by atoms with E-state index in [1.807, 2.05) is 24.3 Å². The molecule has 1 saturated carbocycles. The van der Waals surface area contributed by atoms with Crippen LogP contribution in [-0.4, -0.2) is 40.4 Å². The molecule has 0 saturated heterocycles. The summed E-state index contributed by atoms with van der Waals surface area (Å²) in [7, 11) is 0. The molecule has 138 valence electrons. The molecule has 6 heteroatoms. The summed E-state index contributed by atoms with van der Waals surface area (Å²) in [6.07, 6.45) is 1.79. The number of carboxylic acid groups (broad SMARTS) is 1. The van der Waals surface area contributed by atoms with Gasteiger partial charge in [-0.15, -0.1) is 0 Å². The molecular formula is C21H20N2O4. The number of aliphatic carboxylic acids is 1. The number of carbonyl (C=O) groups is 2. The van der Waals surface area contributed by atoms with Crippen molar-refractivity contribution in [2.24, 2.45) is 10.9 Å². The average Bonchev–Trinajstić information content (AvgIpc) is 3.47. The van der Waals surface area contributed by atoms with Crippen LogP contribution in [0.3, 0.4) is 0 Å². The average molecular weight is 364 g/mol. The second kappa shape index (κ2) is 6.87. The van der Waals surface area contributed by atoms with E-state index in [2.05, 4.69) is 4.99 Å². The minimum absolute atomic E-state index is 0.0906. The molecule has 2 aromatic carbocycles. The maximum atomic E-state index is 13.2. The van der Waals surface area contributed by atoms with Crippen molar-refractivity contribution in [2.45, 2.75) is 25.3 Å². The highest BCUT2D eigenvalue weighted by molar-refractivity contribution is 6.20. The summed E-state index contributed by atoms with van der Waals surface area (Å²) in [4.78, 5) is 30.8. The van der Waals surface area contributed by atoms with Gasteiger partial charge in [0.1, 0.15) is 11.8 Å². The van der Waals surface area contributed by atoms with Gasteiger partial charge in [-0.2, -0.15) is 0 Å². The first kappa shape index (κ1) is 17.3. The summed E-state index contributed by atoms with van der Waals surface area (Å²) in [5.74, 6) is -0.806. The number of phenolic OH excluding ortho intramolecular Hbond substituents is 1. The molecule has 1 heterocycles. The number of carboxylic acids is 1. The number of carbonyl (C=O) groups excluding carboxylic acids is 1. The van der Waals surface area contributed by atoms with Crippen LogP contribution in [0, 0.1) is 5.92 Å². The zero-order valence-corrected chi connectivity index (χ0v) is 14.7. The molecule has 0 radical (unpaired) electrons. The Morgan fingerprint density at radius 1 is 1.15 bits per heavy atom. The third kappa shape index (κ3) is 3.56. The number of benzene rings is 2. The van der Waals surface area contributed by atoms with Gasteiger partial charge in [-0.25, -0.2) is 0 Å². The van der Waals surface area contributed by atoms with Crippen molar-refractivity contribution in [3.8, 4) is 5.75 Å².